The zero-order valence-electron chi connectivity index (χ0n) is 15.4. The van der Waals surface area contributed by atoms with Crippen molar-refractivity contribution >= 4 is 0 Å². The summed E-state index contributed by atoms with van der Waals surface area (Å²) in [7, 11) is 0. The van der Waals surface area contributed by atoms with Crippen LogP contribution in [0.1, 0.15) is 71.1 Å². The SMILES string of the molecule is C=CCC1(CC=C)CCCC(CC=C)(CC=C)N1CCCCC. The molecule has 0 aromatic rings. The minimum absolute atomic E-state index is 0.182. The molecule has 1 nitrogen and oxygen atoms in total. The van der Waals surface area contributed by atoms with Gasteiger partial charge in [0.05, 0.1) is 0 Å². The van der Waals surface area contributed by atoms with Crippen LogP contribution in [0.3, 0.4) is 0 Å². The molecule has 1 aliphatic rings. The molecule has 0 atom stereocenters. The normalized spacial score (nSPS) is 19.9. The van der Waals surface area contributed by atoms with E-state index in [9.17, 15) is 0 Å². The van der Waals surface area contributed by atoms with Gasteiger partial charge >= 0.3 is 0 Å². The van der Waals surface area contributed by atoms with Gasteiger partial charge < -0.3 is 0 Å². The Morgan fingerprint density at radius 2 is 1.22 bits per heavy atom. The van der Waals surface area contributed by atoms with Crippen LogP contribution in [-0.2, 0) is 0 Å². The Bertz CT molecular complexity index is 341. The molecule has 0 saturated carbocycles. The maximum Gasteiger partial charge on any atom is 0.0283 e. The second-order valence-corrected chi connectivity index (χ2v) is 7.13. The van der Waals surface area contributed by atoms with E-state index in [0.29, 0.717) is 0 Å². The van der Waals surface area contributed by atoms with E-state index >= 15 is 0 Å². The number of unbranched alkanes of at least 4 members (excludes halogenated alkanes) is 2. The molecule has 130 valence electrons. The van der Waals surface area contributed by atoms with E-state index in [2.05, 4.69) is 62.4 Å². The van der Waals surface area contributed by atoms with Gasteiger partial charge in [-0.25, -0.2) is 0 Å². The third kappa shape index (κ3) is 4.70. The fourth-order valence-corrected chi connectivity index (χ4v) is 4.60. The molecular weight excluding hydrogens is 278 g/mol. The molecule has 0 bridgehead atoms. The van der Waals surface area contributed by atoms with Crippen LogP contribution in [0.15, 0.2) is 50.6 Å². The summed E-state index contributed by atoms with van der Waals surface area (Å²) in [6.07, 6.45) is 20.2. The maximum atomic E-state index is 4.05. The van der Waals surface area contributed by atoms with Crippen LogP contribution in [0.2, 0.25) is 0 Å². The van der Waals surface area contributed by atoms with Crippen molar-refractivity contribution in [1.82, 2.24) is 4.90 Å². The number of piperidine rings is 1. The lowest BCUT2D eigenvalue weighted by atomic mass is 9.70. The van der Waals surface area contributed by atoms with Crippen LogP contribution >= 0.6 is 0 Å². The summed E-state index contributed by atoms with van der Waals surface area (Å²) in [6.45, 7) is 19.6. The van der Waals surface area contributed by atoms with Gasteiger partial charge in [0.2, 0.25) is 0 Å². The summed E-state index contributed by atoms with van der Waals surface area (Å²) in [6, 6.07) is 0. The van der Waals surface area contributed by atoms with Crippen molar-refractivity contribution in [2.45, 2.75) is 82.2 Å². The first-order valence-electron chi connectivity index (χ1n) is 9.36. The molecule has 0 spiro atoms. The van der Waals surface area contributed by atoms with Crippen molar-refractivity contribution < 1.29 is 0 Å². The molecule has 0 radical (unpaired) electrons. The van der Waals surface area contributed by atoms with Crippen molar-refractivity contribution in [1.29, 1.82) is 0 Å². The van der Waals surface area contributed by atoms with Crippen molar-refractivity contribution in [3.05, 3.63) is 50.6 Å². The highest BCUT2D eigenvalue weighted by molar-refractivity contribution is 5.12. The highest BCUT2D eigenvalue weighted by Gasteiger charge is 2.48. The number of hydrogen-bond donors (Lipinski definition) is 0. The van der Waals surface area contributed by atoms with Gasteiger partial charge in [0, 0.05) is 11.1 Å². The van der Waals surface area contributed by atoms with Crippen LogP contribution in [-0.4, -0.2) is 22.5 Å². The lowest BCUT2D eigenvalue weighted by Gasteiger charge is -2.58. The molecule has 1 saturated heterocycles. The largest absolute Gasteiger partial charge is 0.291 e. The second kappa shape index (κ2) is 9.93. The van der Waals surface area contributed by atoms with Gasteiger partial charge in [-0.2, -0.15) is 0 Å². The molecule has 0 aromatic carbocycles. The molecule has 1 heteroatoms. The van der Waals surface area contributed by atoms with Gasteiger partial charge in [-0.05, 0) is 57.9 Å². The van der Waals surface area contributed by atoms with E-state index in [-0.39, 0.29) is 11.1 Å². The predicted octanol–water partition coefficient (Wildman–Crippen LogP) is 6.44. The van der Waals surface area contributed by atoms with Crippen LogP contribution in [0.4, 0.5) is 0 Å². The fourth-order valence-electron chi connectivity index (χ4n) is 4.60. The van der Waals surface area contributed by atoms with Gasteiger partial charge in [-0.15, -0.1) is 26.3 Å². The maximum absolute atomic E-state index is 4.05. The summed E-state index contributed by atoms with van der Waals surface area (Å²) in [5.41, 5.74) is 0.364. The van der Waals surface area contributed by atoms with Crippen LogP contribution in [0.5, 0.6) is 0 Å². The molecule has 1 aliphatic heterocycles. The van der Waals surface area contributed by atoms with E-state index in [1.54, 1.807) is 0 Å². The van der Waals surface area contributed by atoms with Crippen molar-refractivity contribution in [2.75, 3.05) is 6.54 Å². The number of hydrogen-bond acceptors (Lipinski definition) is 1. The summed E-state index contributed by atoms with van der Waals surface area (Å²) in [4.78, 5) is 2.81. The molecule has 1 fully saturated rings. The topological polar surface area (TPSA) is 3.24 Å². The summed E-state index contributed by atoms with van der Waals surface area (Å²) >= 11 is 0. The third-order valence-corrected chi connectivity index (χ3v) is 5.51. The van der Waals surface area contributed by atoms with Crippen LogP contribution in [0, 0.1) is 0 Å². The Morgan fingerprint density at radius 3 is 1.57 bits per heavy atom. The van der Waals surface area contributed by atoms with E-state index in [1.807, 2.05) is 0 Å². The summed E-state index contributed by atoms with van der Waals surface area (Å²) in [5.74, 6) is 0. The minimum atomic E-state index is 0.182. The Morgan fingerprint density at radius 1 is 0.783 bits per heavy atom. The zero-order valence-corrected chi connectivity index (χ0v) is 15.4. The monoisotopic (exact) mass is 315 g/mol. The quantitative estimate of drug-likeness (QED) is 0.296. The lowest BCUT2D eigenvalue weighted by Crippen LogP contribution is -2.63. The van der Waals surface area contributed by atoms with Gasteiger partial charge in [-0.3, -0.25) is 4.90 Å². The smallest absolute Gasteiger partial charge is 0.0283 e. The Balaban J connectivity index is 3.23. The molecular formula is C22H37N. The van der Waals surface area contributed by atoms with Crippen LogP contribution < -0.4 is 0 Å². The molecule has 0 N–H and O–H groups in total. The van der Waals surface area contributed by atoms with Crippen molar-refractivity contribution in [3.8, 4) is 0 Å². The van der Waals surface area contributed by atoms with Crippen molar-refractivity contribution in [2.24, 2.45) is 0 Å². The number of nitrogens with zero attached hydrogens (tertiary/aromatic N) is 1. The average Bonchev–Trinajstić information content (AvgIpc) is 2.51. The molecule has 23 heavy (non-hydrogen) atoms. The predicted molar refractivity (Wildman–Crippen MR) is 105 cm³/mol. The highest BCUT2D eigenvalue weighted by Crippen LogP contribution is 2.47. The van der Waals surface area contributed by atoms with Crippen LogP contribution in [0.25, 0.3) is 0 Å². The second-order valence-electron chi connectivity index (χ2n) is 7.13. The molecule has 1 rings (SSSR count). The highest BCUT2D eigenvalue weighted by atomic mass is 15.3. The average molecular weight is 316 g/mol. The van der Waals surface area contributed by atoms with E-state index < -0.39 is 0 Å². The van der Waals surface area contributed by atoms with E-state index in [1.165, 1.54) is 38.5 Å². The first-order valence-corrected chi connectivity index (χ1v) is 9.36. The number of likely N-dealkylation sites (tertiary alicyclic amines) is 1. The lowest BCUT2D eigenvalue weighted by molar-refractivity contribution is -0.0619. The first kappa shape index (κ1) is 20.0. The van der Waals surface area contributed by atoms with Gasteiger partial charge in [0.15, 0.2) is 0 Å². The van der Waals surface area contributed by atoms with Gasteiger partial charge in [0.1, 0.15) is 0 Å². The van der Waals surface area contributed by atoms with Crippen molar-refractivity contribution in [3.63, 3.8) is 0 Å². The molecule has 0 unspecified atom stereocenters. The fraction of sp³-hybridized carbons (Fsp3) is 0.636. The zero-order chi connectivity index (χ0) is 17.2. The Hall–Kier alpha value is -1.08. The number of rotatable bonds is 12. The van der Waals surface area contributed by atoms with E-state index in [0.717, 1.165) is 32.2 Å². The van der Waals surface area contributed by atoms with Gasteiger partial charge in [0.25, 0.3) is 0 Å². The summed E-state index contributed by atoms with van der Waals surface area (Å²) in [5, 5.41) is 0. The first-order chi connectivity index (χ1) is 11.1. The van der Waals surface area contributed by atoms with E-state index in [4.69, 9.17) is 0 Å². The minimum Gasteiger partial charge on any atom is -0.291 e. The molecule has 0 amide bonds. The molecule has 0 aliphatic carbocycles. The Labute approximate surface area is 144 Å². The third-order valence-electron chi connectivity index (χ3n) is 5.51. The molecule has 0 aromatic heterocycles. The standard InChI is InChI=1S/C22H37N/c1-6-11-12-20-23-21(14-7-2,15-8-3)18-13-19-22(23,16-9-4)17-10-5/h7-10H,2-6,11-20H2,1H3. The molecule has 1 heterocycles. The summed E-state index contributed by atoms with van der Waals surface area (Å²) < 4.78 is 0. The Kier molecular flexibility index (Phi) is 8.62. The van der Waals surface area contributed by atoms with Gasteiger partial charge in [-0.1, -0.05) is 44.1 Å².